The van der Waals surface area contributed by atoms with E-state index in [4.69, 9.17) is 19.9 Å². The molecule has 0 unspecified atom stereocenters. The molecule has 8 rings (SSSR count). The van der Waals surface area contributed by atoms with Crippen LogP contribution < -0.4 is 34.8 Å². The summed E-state index contributed by atoms with van der Waals surface area (Å²) in [6.45, 7) is 0. The molecule has 0 aliphatic carbocycles. The van der Waals surface area contributed by atoms with Gasteiger partial charge in [0.15, 0.2) is 0 Å². The van der Waals surface area contributed by atoms with E-state index < -0.39 is 23.0 Å². The SMILES string of the molecule is Cl[As](c1ccccc1)(c1ccccc1)(c1ccccc1)c1ccccc1.Cl[As](c1ccccc1)(c1ccccc1)(c1ccccc1)c1ccccc1. The van der Waals surface area contributed by atoms with Crippen LogP contribution in [0.5, 0.6) is 0 Å². The molecule has 0 amide bonds. The van der Waals surface area contributed by atoms with Gasteiger partial charge < -0.3 is 0 Å². The summed E-state index contributed by atoms with van der Waals surface area (Å²) in [5.74, 6) is 0. The maximum atomic E-state index is 8.08. The Morgan fingerprint density at radius 2 is 0.269 bits per heavy atom. The topological polar surface area (TPSA) is 0 Å². The van der Waals surface area contributed by atoms with Gasteiger partial charge in [-0.1, -0.05) is 0 Å². The van der Waals surface area contributed by atoms with Gasteiger partial charge in [0.05, 0.1) is 0 Å². The summed E-state index contributed by atoms with van der Waals surface area (Å²) < 4.78 is 9.64. The van der Waals surface area contributed by atoms with Crippen LogP contribution in [-0.2, 0) is 0 Å². The summed E-state index contributed by atoms with van der Waals surface area (Å²) >= 11 is -8.17. The van der Waals surface area contributed by atoms with Crippen molar-refractivity contribution in [1.82, 2.24) is 0 Å². The average Bonchev–Trinajstić information content (AvgIpc) is 3.26. The summed E-state index contributed by atoms with van der Waals surface area (Å²) in [5.41, 5.74) is 0. The Kier molecular flexibility index (Phi) is 10.5. The van der Waals surface area contributed by atoms with Crippen LogP contribution in [0.25, 0.3) is 0 Å². The van der Waals surface area contributed by atoms with E-state index in [1.54, 1.807) is 0 Å². The van der Waals surface area contributed by atoms with E-state index >= 15 is 0 Å². The zero-order valence-corrected chi connectivity index (χ0v) is 34.0. The average molecular weight is 838 g/mol. The molecule has 0 radical (unpaired) electrons. The molecule has 0 fully saturated rings. The minimum atomic E-state index is -4.08. The van der Waals surface area contributed by atoms with Gasteiger partial charge in [-0.2, -0.15) is 0 Å². The Balaban J connectivity index is 0.000000162. The van der Waals surface area contributed by atoms with Crippen molar-refractivity contribution in [3.63, 3.8) is 0 Å². The molecular formula is C48H40As2Cl2. The van der Waals surface area contributed by atoms with E-state index in [2.05, 4.69) is 243 Å². The molecule has 0 aliphatic heterocycles. The van der Waals surface area contributed by atoms with Crippen LogP contribution in [0.15, 0.2) is 243 Å². The van der Waals surface area contributed by atoms with Crippen LogP contribution in [0.1, 0.15) is 0 Å². The second kappa shape index (κ2) is 15.2. The summed E-state index contributed by atoms with van der Waals surface area (Å²) in [5, 5.41) is 0. The second-order valence-corrected chi connectivity index (χ2v) is 36.9. The maximum absolute atomic E-state index is 8.08. The van der Waals surface area contributed by atoms with Crippen LogP contribution in [-0.4, -0.2) is 23.0 Å². The normalized spacial score (nSPS) is 12.9. The number of halogens is 2. The Morgan fingerprint density at radius 3 is 0.365 bits per heavy atom. The number of rotatable bonds is 8. The van der Waals surface area contributed by atoms with Gasteiger partial charge in [-0.25, -0.2) is 0 Å². The van der Waals surface area contributed by atoms with Crippen molar-refractivity contribution in [2.75, 3.05) is 0 Å². The zero-order chi connectivity index (χ0) is 35.8. The fourth-order valence-electron chi connectivity index (χ4n) is 7.45. The number of benzene rings is 8. The van der Waals surface area contributed by atoms with E-state index in [-0.39, 0.29) is 0 Å². The van der Waals surface area contributed by atoms with Crippen LogP contribution >= 0.6 is 19.9 Å². The molecular weight excluding hydrogens is 797 g/mol. The molecule has 0 heterocycles. The van der Waals surface area contributed by atoms with Gasteiger partial charge in [-0.15, -0.1) is 0 Å². The van der Waals surface area contributed by atoms with Crippen LogP contribution in [0.4, 0.5) is 0 Å². The van der Waals surface area contributed by atoms with Gasteiger partial charge >= 0.3 is 320 Å². The Bertz CT molecular complexity index is 1800. The molecule has 0 atom stereocenters. The molecule has 0 spiro atoms. The van der Waals surface area contributed by atoms with E-state index in [1.807, 2.05) is 0 Å². The molecule has 0 aliphatic rings. The van der Waals surface area contributed by atoms with Crippen LogP contribution in [0.2, 0.25) is 0 Å². The van der Waals surface area contributed by atoms with E-state index in [0.29, 0.717) is 0 Å². The summed E-state index contributed by atoms with van der Waals surface area (Å²) in [4.78, 5) is 0. The monoisotopic (exact) mass is 836 g/mol. The van der Waals surface area contributed by atoms with Crippen molar-refractivity contribution < 1.29 is 0 Å². The Hall–Kier alpha value is -4.54. The predicted octanol–water partition coefficient (Wildman–Crippen LogP) is 7.51. The van der Waals surface area contributed by atoms with Crippen molar-refractivity contribution >= 4 is 77.7 Å². The van der Waals surface area contributed by atoms with Crippen molar-refractivity contribution in [2.24, 2.45) is 0 Å². The first-order chi connectivity index (χ1) is 25.5. The van der Waals surface area contributed by atoms with Gasteiger partial charge in [0.1, 0.15) is 0 Å². The van der Waals surface area contributed by atoms with E-state index in [0.717, 1.165) is 0 Å². The van der Waals surface area contributed by atoms with E-state index in [1.165, 1.54) is 34.8 Å². The van der Waals surface area contributed by atoms with Gasteiger partial charge in [0, 0.05) is 0 Å². The fraction of sp³-hybridized carbons (Fsp3) is 0. The first kappa shape index (κ1) is 35.8. The van der Waals surface area contributed by atoms with Crippen molar-refractivity contribution in [2.45, 2.75) is 0 Å². The number of hydrogen-bond donors (Lipinski definition) is 0. The number of hydrogen-bond acceptors (Lipinski definition) is 0. The quantitative estimate of drug-likeness (QED) is 0.139. The molecule has 256 valence electrons. The summed E-state index contributed by atoms with van der Waals surface area (Å²) in [6, 6.07) is 84.8. The molecule has 0 saturated carbocycles. The molecule has 4 heteroatoms. The fourth-order valence-corrected chi connectivity index (χ4v) is 31.9. The molecule has 8 aromatic carbocycles. The van der Waals surface area contributed by atoms with Gasteiger partial charge in [-0.05, 0) is 0 Å². The van der Waals surface area contributed by atoms with Gasteiger partial charge in [0.25, 0.3) is 0 Å². The Labute approximate surface area is 318 Å². The van der Waals surface area contributed by atoms with E-state index in [9.17, 15) is 0 Å². The molecule has 8 aromatic rings. The molecule has 0 bridgehead atoms. The second-order valence-electron chi connectivity index (χ2n) is 12.7. The third kappa shape index (κ3) is 5.89. The van der Waals surface area contributed by atoms with Crippen molar-refractivity contribution in [3.05, 3.63) is 243 Å². The van der Waals surface area contributed by atoms with Gasteiger partial charge in [-0.3, -0.25) is 0 Å². The summed E-state index contributed by atoms with van der Waals surface area (Å²) in [7, 11) is 16.2. The molecule has 0 nitrogen and oxygen atoms in total. The standard InChI is InChI=1S/2C24H20AsCl/c2*26-25(21-13-5-1-6-14-21,22-15-7-2-8-16-22,23-17-9-3-10-18-23)24-19-11-4-12-20-24/h2*1-20H. The van der Waals surface area contributed by atoms with Crippen molar-refractivity contribution in [3.8, 4) is 0 Å². The first-order valence-corrected chi connectivity index (χ1v) is 29.9. The molecule has 0 aromatic heterocycles. The molecule has 52 heavy (non-hydrogen) atoms. The van der Waals surface area contributed by atoms with Crippen LogP contribution in [0, 0.1) is 0 Å². The predicted molar refractivity (Wildman–Crippen MR) is 232 cm³/mol. The van der Waals surface area contributed by atoms with Crippen molar-refractivity contribution in [1.29, 1.82) is 0 Å². The first-order valence-electron chi connectivity index (χ1n) is 17.4. The molecule has 0 N–H and O–H groups in total. The Morgan fingerprint density at radius 1 is 0.173 bits per heavy atom. The minimum absolute atomic E-state index is 1.20. The summed E-state index contributed by atoms with van der Waals surface area (Å²) in [6.07, 6.45) is 0. The van der Waals surface area contributed by atoms with Crippen LogP contribution in [0.3, 0.4) is 0 Å². The third-order valence-corrected chi connectivity index (χ3v) is 39.3. The zero-order valence-electron chi connectivity index (χ0n) is 28.7. The van der Waals surface area contributed by atoms with Gasteiger partial charge in [0.2, 0.25) is 0 Å². The third-order valence-electron chi connectivity index (χ3n) is 9.93. The molecule has 0 saturated heterocycles.